The van der Waals surface area contributed by atoms with Gasteiger partial charge in [-0.15, -0.1) is 11.8 Å². The molecule has 3 aromatic rings. The van der Waals surface area contributed by atoms with Gasteiger partial charge in [-0.1, -0.05) is 24.3 Å². The van der Waals surface area contributed by atoms with Crippen molar-refractivity contribution in [3.8, 4) is 11.5 Å². The maximum absolute atomic E-state index is 13.0. The lowest BCUT2D eigenvalue weighted by Crippen LogP contribution is -2.23. The second kappa shape index (κ2) is 11.9. The highest BCUT2D eigenvalue weighted by Crippen LogP contribution is 2.31. The fraction of sp³-hybridized carbons (Fsp3) is 0.192. The lowest BCUT2D eigenvalue weighted by Gasteiger charge is -2.15. The summed E-state index contributed by atoms with van der Waals surface area (Å²) in [5, 5.41) is 5.15. The first-order valence-corrected chi connectivity index (χ1v) is 11.5. The van der Waals surface area contributed by atoms with E-state index in [0.29, 0.717) is 22.9 Å². The quantitative estimate of drug-likeness (QED) is 0.323. The molecule has 2 N–H and O–H groups in total. The number of methoxy groups -OCH3 is 3. The van der Waals surface area contributed by atoms with Crippen LogP contribution in [-0.4, -0.2) is 44.4 Å². The molecule has 0 radical (unpaired) electrons. The molecule has 3 rings (SSSR count). The lowest BCUT2D eigenvalue weighted by molar-refractivity contribution is -0.115. The zero-order chi connectivity index (χ0) is 25.4. The summed E-state index contributed by atoms with van der Waals surface area (Å²) in [5.41, 5.74) is 1.49. The van der Waals surface area contributed by atoms with E-state index in [1.165, 1.54) is 33.1 Å². The number of thioether (sulfide) groups is 1. The fourth-order valence-corrected chi connectivity index (χ4v) is 4.21. The Kier molecular flexibility index (Phi) is 8.74. The Labute approximate surface area is 208 Å². The number of rotatable bonds is 9. The molecule has 182 valence electrons. The van der Waals surface area contributed by atoms with Crippen molar-refractivity contribution < 1.29 is 28.6 Å². The van der Waals surface area contributed by atoms with Crippen LogP contribution in [0.1, 0.15) is 27.6 Å². The zero-order valence-electron chi connectivity index (χ0n) is 19.8. The first kappa shape index (κ1) is 25.6. The largest absolute Gasteiger partial charge is 0.496 e. The number of amides is 2. The number of para-hydroxylation sites is 1. The molecule has 8 nitrogen and oxygen atoms in total. The smallest absolute Gasteiger partial charge is 0.339 e. The highest BCUT2D eigenvalue weighted by Gasteiger charge is 2.20. The summed E-state index contributed by atoms with van der Waals surface area (Å²) in [6.45, 7) is 1.76. The molecule has 0 aliphatic rings. The van der Waals surface area contributed by atoms with E-state index in [-0.39, 0.29) is 22.9 Å². The van der Waals surface area contributed by atoms with Crippen LogP contribution < -0.4 is 20.1 Å². The van der Waals surface area contributed by atoms with E-state index >= 15 is 0 Å². The van der Waals surface area contributed by atoms with Gasteiger partial charge in [0, 0.05) is 10.6 Å². The molecule has 0 saturated heterocycles. The van der Waals surface area contributed by atoms with Crippen molar-refractivity contribution in [1.29, 1.82) is 0 Å². The molecule has 0 saturated carbocycles. The minimum absolute atomic E-state index is 0.275. The van der Waals surface area contributed by atoms with E-state index in [0.717, 1.165) is 4.90 Å². The maximum Gasteiger partial charge on any atom is 0.339 e. The van der Waals surface area contributed by atoms with Crippen LogP contribution in [0.3, 0.4) is 0 Å². The van der Waals surface area contributed by atoms with E-state index in [2.05, 4.69) is 10.6 Å². The summed E-state index contributed by atoms with van der Waals surface area (Å²) in [6.07, 6.45) is 0. The molecule has 0 fully saturated rings. The van der Waals surface area contributed by atoms with Crippen LogP contribution in [0, 0.1) is 0 Å². The molecule has 0 aromatic heterocycles. The molecule has 0 spiro atoms. The summed E-state index contributed by atoms with van der Waals surface area (Å²) >= 11 is 1.31. The van der Waals surface area contributed by atoms with E-state index in [9.17, 15) is 14.4 Å². The molecule has 0 bridgehead atoms. The predicted molar refractivity (Wildman–Crippen MR) is 136 cm³/mol. The van der Waals surface area contributed by atoms with Crippen molar-refractivity contribution in [2.45, 2.75) is 17.1 Å². The normalized spacial score (nSPS) is 11.2. The van der Waals surface area contributed by atoms with Gasteiger partial charge in [0.25, 0.3) is 5.91 Å². The van der Waals surface area contributed by atoms with E-state index < -0.39 is 11.2 Å². The number of carbonyl (C=O) groups is 3. The number of ether oxygens (including phenoxy) is 3. The number of hydrogen-bond donors (Lipinski definition) is 2. The molecule has 3 aromatic carbocycles. The van der Waals surface area contributed by atoms with Crippen molar-refractivity contribution in [3.05, 3.63) is 77.9 Å². The Balaban J connectivity index is 1.71. The molecule has 0 heterocycles. The van der Waals surface area contributed by atoms with Crippen molar-refractivity contribution in [2.24, 2.45) is 0 Å². The molecule has 0 aliphatic heterocycles. The molecule has 35 heavy (non-hydrogen) atoms. The monoisotopic (exact) mass is 494 g/mol. The molecule has 9 heteroatoms. The van der Waals surface area contributed by atoms with E-state index in [4.69, 9.17) is 14.2 Å². The van der Waals surface area contributed by atoms with Gasteiger partial charge in [0.15, 0.2) is 0 Å². The van der Waals surface area contributed by atoms with Gasteiger partial charge >= 0.3 is 5.97 Å². The third-order valence-corrected chi connectivity index (χ3v) is 6.11. The highest BCUT2D eigenvalue weighted by atomic mass is 32.2. The first-order valence-electron chi connectivity index (χ1n) is 10.6. The van der Waals surface area contributed by atoms with E-state index in [1.54, 1.807) is 67.6 Å². The van der Waals surface area contributed by atoms with Crippen LogP contribution in [0.15, 0.2) is 71.6 Å². The van der Waals surface area contributed by atoms with Crippen molar-refractivity contribution in [1.82, 2.24) is 0 Å². The van der Waals surface area contributed by atoms with Gasteiger partial charge in [-0.05, 0) is 49.4 Å². The Morgan fingerprint density at radius 2 is 1.49 bits per heavy atom. The number of hydrogen-bond acceptors (Lipinski definition) is 7. The van der Waals surface area contributed by atoms with Crippen molar-refractivity contribution in [2.75, 3.05) is 32.0 Å². The van der Waals surface area contributed by atoms with Crippen LogP contribution in [0.25, 0.3) is 0 Å². The number of anilines is 2. The average molecular weight is 495 g/mol. The number of nitrogens with one attached hydrogen (secondary N) is 2. The van der Waals surface area contributed by atoms with Crippen molar-refractivity contribution >= 4 is 40.9 Å². The Bertz CT molecular complexity index is 1210. The van der Waals surface area contributed by atoms with Crippen molar-refractivity contribution in [3.63, 3.8) is 0 Å². The van der Waals surface area contributed by atoms with Crippen LogP contribution in [0.4, 0.5) is 11.4 Å². The Hall–Kier alpha value is -3.98. The van der Waals surface area contributed by atoms with Gasteiger partial charge in [0.05, 0.1) is 37.8 Å². The molecule has 2 amide bonds. The second-order valence-corrected chi connectivity index (χ2v) is 8.72. The predicted octanol–water partition coefficient (Wildman–Crippen LogP) is 4.86. The first-order chi connectivity index (χ1) is 16.9. The number of carbonyl (C=O) groups excluding carboxylic acids is 3. The topological polar surface area (TPSA) is 103 Å². The Morgan fingerprint density at radius 1 is 0.829 bits per heavy atom. The molecule has 1 unspecified atom stereocenters. The summed E-state index contributed by atoms with van der Waals surface area (Å²) in [7, 11) is 4.26. The number of benzene rings is 3. The summed E-state index contributed by atoms with van der Waals surface area (Å²) in [4.78, 5) is 38.5. The number of esters is 1. The molecular weight excluding hydrogens is 468 g/mol. The highest BCUT2D eigenvalue weighted by molar-refractivity contribution is 8.00. The third-order valence-electron chi connectivity index (χ3n) is 5.02. The summed E-state index contributed by atoms with van der Waals surface area (Å²) < 4.78 is 15.4. The second-order valence-electron chi connectivity index (χ2n) is 7.31. The van der Waals surface area contributed by atoms with Gasteiger partial charge in [-0.3, -0.25) is 9.59 Å². The average Bonchev–Trinajstić information content (AvgIpc) is 2.88. The minimum Gasteiger partial charge on any atom is -0.496 e. The van der Waals surface area contributed by atoms with Gasteiger partial charge in [0.2, 0.25) is 5.91 Å². The van der Waals surface area contributed by atoms with Gasteiger partial charge < -0.3 is 24.8 Å². The maximum atomic E-state index is 13.0. The third kappa shape index (κ3) is 6.33. The Morgan fingerprint density at radius 3 is 2.14 bits per heavy atom. The molecule has 0 aliphatic carbocycles. The van der Waals surface area contributed by atoms with Gasteiger partial charge in [-0.2, -0.15) is 0 Å². The van der Waals surface area contributed by atoms with Crippen LogP contribution in [-0.2, 0) is 9.53 Å². The van der Waals surface area contributed by atoms with Gasteiger partial charge in [0.1, 0.15) is 17.1 Å². The summed E-state index contributed by atoms with van der Waals surface area (Å²) in [6, 6.07) is 18.9. The SMILES string of the molecule is COC(=O)c1ccccc1NC(=O)C(C)Sc1cccc(NC(=O)c2c(OC)cccc2OC)c1. The van der Waals surface area contributed by atoms with Gasteiger partial charge in [-0.25, -0.2) is 4.79 Å². The van der Waals surface area contributed by atoms with E-state index in [1.807, 2.05) is 6.07 Å². The van der Waals surface area contributed by atoms with Crippen LogP contribution in [0.5, 0.6) is 11.5 Å². The minimum atomic E-state index is -0.531. The van der Waals surface area contributed by atoms with Crippen LogP contribution >= 0.6 is 11.8 Å². The zero-order valence-corrected chi connectivity index (χ0v) is 20.6. The molecular formula is C26H26N2O6S. The lowest BCUT2D eigenvalue weighted by atomic mass is 10.1. The standard InChI is InChI=1S/C26H26N2O6S/c1-16(24(29)28-20-12-6-5-11-19(20)26(31)34-4)35-18-10-7-9-17(15-18)27-25(30)23-21(32-2)13-8-14-22(23)33-3/h5-16H,1-4H3,(H,27,30)(H,28,29). The summed E-state index contributed by atoms with van der Waals surface area (Å²) in [5.74, 6) is -0.405. The van der Waals surface area contributed by atoms with Crippen LogP contribution in [0.2, 0.25) is 0 Å². The fourth-order valence-electron chi connectivity index (χ4n) is 3.29. The molecule has 1 atom stereocenters.